The summed E-state index contributed by atoms with van der Waals surface area (Å²) in [5, 5.41) is 3.10. The highest BCUT2D eigenvalue weighted by Gasteiger charge is 2.34. The van der Waals surface area contributed by atoms with Gasteiger partial charge < -0.3 is 5.32 Å². The molecule has 2 aliphatic rings. The lowest BCUT2D eigenvalue weighted by molar-refractivity contribution is -0.122. The zero-order valence-electron chi connectivity index (χ0n) is 12.1. The molecule has 1 saturated carbocycles. The zero-order valence-corrected chi connectivity index (χ0v) is 12.1. The number of benzene rings is 1. The van der Waals surface area contributed by atoms with E-state index in [9.17, 15) is 9.18 Å². The number of carbonyl (C=O) groups is 1. The highest BCUT2D eigenvalue weighted by molar-refractivity contribution is 5.76. The van der Waals surface area contributed by atoms with Crippen LogP contribution in [0.1, 0.15) is 31.2 Å². The monoisotopic (exact) mass is 291 g/mol. The van der Waals surface area contributed by atoms with Crippen LogP contribution in [0.25, 0.3) is 0 Å². The van der Waals surface area contributed by atoms with Gasteiger partial charge in [-0.15, -0.1) is 0 Å². The van der Waals surface area contributed by atoms with Gasteiger partial charge in [0.1, 0.15) is 5.82 Å². The van der Waals surface area contributed by atoms with Gasteiger partial charge in [0, 0.05) is 25.0 Å². The molecule has 0 radical (unpaired) electrons. The summed E-state index contributed by atoms with van der Waals surface area (Å²) in [6, 6.07) is 7.47. The van der Waals surface area contributed by atoms with Gasteiger partial charge in [-0.2, -0.15) is 0 Å². The van der Waals surface area contributed by atoms with Crippen molar-refractivity contribution < 1.29 is 9.18 Å². The SMILES string of the molecule is O=C(CCc1ccccc1F)NC1CCC2NNCC2C1. The van der Waals surface area contributed by atoms with Crippen molar-refractivity contribution in [2.24, 2.45) is 5.92 Å². The molecule has 0 bridgehead atoms. The number of aryl methyl sites for hydroxylation is 1. The number of halogens is 1. The smallest absolute Gasteiger partial charge is 0.220 e. The number of hydrazine groups is 1. The van der Waals surface area contributed by atoms with Crippen LogP contribution in [0.15, 0.2) is 24.3 Å². The zero-order chi connectivity index (χ0) is 14.7. The molecule has 3 N–H and O–H groups in total. The largest absolute Gasteiger partial charge is 0.353 e. The lowest BCUT2D eigenvalue weighted by Gasteiger charge is -2.31. The fraction of sp³-hybridized carbons (Fsp3) is 0.562. The van der Waals surface area contributed by atoms with E-state index in [1.807, 2.05) is 0 Å². The third-order valence-corrected chi connectivity index (χ3v) is 4.58. The Labute approximate surface area is 124 Å². The molecule has 1 aromatic rings. The molecule has 2 fully saturated rings. The molecule has 0 aromatic heterocycles. The van der Waals surface area contributed by atoms with Gasteiger partial charge in [-0.25, -0.2) is 4.39 Å². The molecule has 3 atom stereocenters. The summed E-state index contributed by atoms with van der Waals surface area (Å²) in [5.41, 5.74) is 7.08. The van der Waals surface area contributed by atoms with E-state index in [2.05, 4.69) is 16.2 Å². The normalized spacial score (nSPS) is 28.1. The van der Waals surface area contributed by atoms with Crippen molar-refractivity contribution in [2.75, 3.05) is 6.54 Å². The van der Waals surface area contributed by atoms with Crippen molar-refractivity contribution in [1.82, 2.24) is 16.2 Å². The van der Waals surface area contributed by atoms with Gasteiger partial charge in [0.15, 0.2) is 0 Å². The summed E-state index contributed by atoms with van der Waals surface area (Å²) in [5.74, 6) is 0.408. The molecule has 1 aliphatic carbocycles. The molecule has 1 aliphatic heterocycles. The Balaban J connectivity index is 1.45. The predicted octanol–water partition coefficient (Wildman–Crippen LogP) is 1.52. The second-order valence-electron chi connectivity index (χ2n) is 6.06. The number of nitrogens with one attached hydrogen (secondary N) is 3. The maximum atomic E-state index is 13.5. The first-order chi connectivity index (χ1) is 10.2. The molecule has 5 heteroatoms. The van der Waals surface area contributed by atoms with E-state index in [1.54, 1.807) is 18.2 Å². The molecule has 1 heterocycles. The van der Waals surface area contributed by atoms with Crippen molar-refractivity contribution in [3.63, 3.8) is 0 Å². The Morgan fingerprint density at radius 3 is 3.05 bits per heavy atom. The summed E-state index contributed by atoms with van der Waals surface area (Å²) in [6.07, 6.45) is 3.94. The molecule has 0 spiro atoms. The molecule has 114 valence electrons. The van der Waals surface area contributed by atoms with E-state index in [1.165, 1.54) is 6.07 Å². The molecule has 1 saturated heterocycles. The minimum Gasteiger partial charge on any atom is -0.353 e. The summed E-state index contributed by atoms with van der Waals surface area (Å²) >= 11 is 0. The quantitative estimate of drug-likeness (QED) is 0.788. The van der Waals surface area contributed by atoms with Gasteiger partial charge >= 0.3 is 0 Å². The van der Waals surface area contributed by atoms with E-state index < -0.39 is 0 Å². The molecule has 1 amide bonds. The van der Waals surface area contributed by atoms with Gasteiger partial charge in [0.2, 0.25) is 5.91 Å². The maximum Gasteiger partial charge on any atom is 0.220 e. The number of amides is 1. The van der Waals surface area contributed by atoms with E-state index >= 15 is 0 Å². The summed E-state index contributed by atoms with van der Waals surface area (Å²) in [6.45, 7) is 0.978. The van der Waals surface area contributed by atoms with Crippen LogP contribution in [0.3, 0.4) is 0 Å². The van der Waals surface area contributed by atoms with Crippen molar-refractivity contribution in [2.45, 2.75) is 44.2 Å². The van der Waals surface area contributed by atoms with E-state index in [0.717, 1.165) is 25.8 Å². The minimum atomic E-state index is -0.228. The van der Waals surface area contributed by atoms with E-state index in [-0.39, 0.29) is 17.8 Å². The van der Waals surface area contributed by atoms with Crippen LogP contribution in [0.2, 0.25) is 0 Å². The first kappa shape index (κ1) is 14.5. The Kier molecular flexibility index (Phi) is 4.51. The number of rotatable bonds is 4. The average molecular weight is 291 g/mol. The van der Waals surface area contributed by atoms with E-state index in [0.29, 0.717) is 30.4 Å². The second kappa shape index (κ2) is 6.54. The first-order valence-electron chi connectivity index (χ1n) is 7.73. The fourth-order valence-electron chi connectivity index (χ4n) is 3.38. The Morgan fingerprint density at radius 1 is 1.33 bits per heavy atom. The molecule has 3 rings (SSSR count). The predicted molar refractivity (Wildman–Crippen MR) is 78.9 cm³/mol. The van der Waals surface area contributed by atoms with Crippen LogP contribution in [0.4, 0.5) is 4.39 Å². The number of carbonyl (C=O) groups excluding carboxylic acids is 1. The Hall–Kier alpha value is -1.46. The molecule has 1 aromatic carbocycles. The lowest BCUT2D eigenvalue weighted by atomic mass is 9.83. The van der Waals surface area contributed by atoms with E-state index in [4.69, 9.17) is 0 Å². The van der Waals surface area contributed by atoms with Crippen LogP contribution in [-0.4, -0.2) is 24.5 Å². The molecule has 3 unspecified atom stereocenters. The van der Waals surface area contributed by atoms with Crippen LogP contribution in [0.5, 0.6) is 0 Å². The minimum absolute atomic E-state index is 0.0284. The van der Waals surface area contributed by atoms with Crippen molar-refractivity contribution in [1.29, 1.82) is 0 Å². The third kappa shape index (κ3) is 3.60. The van der Waals surface area contributed by atoms with Gasteiger partial charge in [-0.3, -0.25) is 15.6 Å². The van der Waals surface area contributed by atoms with Crippen molar-refractivity contribution >= 4 is 5.91 Å². The highest BCUT2D eigenvalue weighted by atomic mass is 19.1. The van der Waals surface area contributed by atoms with Gasteiger partial charge in [-0.05, 0) is 43.2 Å². The number of fused-ring (bicyclic) bond motifs is 1. The van der Waals surface area contributed by atoms with Crippen LogP contribution >= 0.6 is 0 Å². The van der Waals surface area contributed by atoms with Crippen LogP contribution in [-0.2, 0) is 11.2 Å². The van der Waals surface area contributed by atoms with Crippen molar-refractivity contribution in [3.05, 3.63) is 35.6 Å². The second-order valence-corrected chi connectivity index (χ2v) is 6.06. The highest BCUT2D eigenvalue weighted by Crippen LogP contribution is 2.26. The summed E-state index contributed by atoms with van der Waals surface area (Å²) in [7, 11) is 0. The third-order valence-electron chi connectivity index (χ3n) is 4.58. The van der Waals surface area contributed by atoms with Crippen LogP contribution < -0.4 is 16.2 Å². The first-order valence-corrected chi connectivity index (χ1v) is 7.73. The standard InChI is InChI=1S/C16H22FN3O/c17-14-4-2-1-3-11(14)5-8-16(21)19-13-6-7-15-12(9-13)10-18-20-15/h1-4,12-13,15,18,20H,5-10H2,(H,19,21). The number of hydrogen-bond donors (Lipinski definition) is 3. The average Bonchev–Trinajstić information content (AvgIpc) is 2.94. The summed E-state index contributed by atoms with van der Waals surface area (Å²) in [4.78, 5) is 12.0. The Morgan fingerprint density at radius 2 is 2.19 bits per heavy atom. The van der Waals surface area contributed by atoms with Crippen LogP contribution in [0, 0.1) is 11.7 Å². The number of hydrogen-bond acceptors (Lipinski definition) is 3. The Bertz CT molecular complexity index is 508. The van der Waals surface area contributed by atoms with Gasteiger partial charge in [0.05, 0.1) is 0 Å². The molecule has 21 heavy (non-hydrogen) atoms. The lowest BCUT2D eigenvalue weighted by Crippen LogP contribution is -2.44. The van der Waals surface area contributed by atoms with Crippen molar-refractivity contribution in [3.8, 4) is 0 Å². The summed E-state index contributed by atoms with van der Waals surface area (Å²) < 4.78 is 13.5. The van der Waals surface area contributed by atoms with Gasteiger partial charge in [0.25, 0.3) is 0 Å². The maximum absolute atomic E-state index is 13.5. The molecule has 4 nitrogen and oxygen atoms in total. The molecular weight excluding hydrogens is 269 g/mol. The topological polar surface area (TPSA) is 53.2 Å². The van der Waals surface area contributed by atoms with Gasteiger partial charge in [-0.1, -0.05) is 18.2 Å². The molecular formula is C16H22FN3O. The fourth-order valence-corrected chi connectivity index (χ4v) is 3.38.